The fourth-order valence-corrected chi connectivity index (χ4v) is 5.94. The molecule has 0 aliphatic heterocycles. The van der Waals surface area contributed by atoms with Gasteiger partial charge in [0.25, 0.3) is 0 Å². The van der Waals surface area contributed by atoms with E-state index in [0.717, 1.165) is 67.7 Å². The molecule has 58 heavy (non-hydrogen) atoms. The van der Waals surface area contributed by atoms with Crippen LogP contribution in [-0.2, 0) is 29.3 Å². The Morgan fingerprint density at radius 2 is 0.845 bits per heavy atom. The van der Waals surface area contributed by atoms with Gasteiger partial charge in [-0.1, -0.05) is 121 Å². The van der Waals surface area contributed by atoms with Gasteiger partial charge in [0.15, 0.2) is 23.0 Å². The topological polar surface area (TPSA) is 186 Å². The molecule has 0 radical (unpaired) electrons. The van der Waals surface area contributed by atoms with E-state index in [1.165, 1.54) is 62.8 Å². The minimum Gasteiger partial charge on any atom is -0.545 e. The van der Waals surface area contributed by atoms with Crippen molar-refractivity contribution < 1.29 is 56.7 Å². The van der Waals surface area contributed by atoms with Crippen molar-refractivity contribution in [3.8, 4) is 23.0 Å². The minimum atomic E-state index is -1.46. The number of para-hydroxylation sites is 2. The fraction of sp³-hybridized carbons (Fsp3) is 0.404. The zero-order valence-corrected chi connectivity index (χ0v) is 35.3. The predicted octanol–water partition coefficient (Wildman–Crippen LogP) is 9.69. The summed E-state index contributed by atoms with van der Waals surface area (Å²) in [5.41, 5.74) is 4.75. The molecule has 0 unspecified atom stereocenters. The number of benzene rings is 4. The summed E-state index contributed by atoms with van der Waals surface area (Å²) in [5.74, 6) is -5.01. The summed E-state index contributed by atoms with van der Waals surface area (Å²) < 4.78 is 0. The van der Waals surface area contributed by atoms with E-state index in [9.17, 15) is 30.0 Å². The van der Waals surface area contributed by atoms with Crippen molar-refractivity contribution >= 4 is 34.7 Å². The van der Waals surface area contributed by atoms with Crippen molar-refractivity contribution in [1.29, 1.82) is 0 Å². The van der Waals surface area contributed by atoms with Crippen LogP contribution in [0.2, 0.25) is 0 Å². The van der Waals surface area contributed by atoms with Crippen LogP contribution in [0.4, 0.5) is 11.4 Å². The predicted molar refractivity (Wildman–Crippen MR) is 225 cm³/mol. The van der Waals surface area contributed by atoms with Crippen LogP contribution in [0.15, 0.2) is 94.9 Å². The molecular weight excluding hydrogens is 779 g/mol. The van der Waals surface area contributed by atoms with E-state index >= 15 is 0 Å². The van der Waals surface area contributed by atoms with Gasteiger partial charge in [0, 0.05) is 11.1 Å². The van der Waals surface area contributed by atoms with Crippen molar-refractivity contribution in [2.45, 2.75) is 124 Å². The number of aryl methyl sites for hydroxylation is 2. The van der Waals surface area contributed by atoms with Crippen LogP contribution in [-0.4, -0.2) is 43.8 Å². The summed E-state index contributed by atoms with van der Waals surface area (Å²) in [5, 5.41) is 58.6. The Hall–Kier alpha value is -5.15. The maximum atomic E-state index is 10.8. The van der Waals surface area contributed by atoms with Crippen molar-refractivity contribution in [2.75, 3.05) is 0 Å². The van der Waals surface area contributed by atoms with Gasteiger partial charge in [0.2, 0.25) is 0 Å². The Kier molecular flexibility index (Phi) is 25.5. The Morgan fingerprint density at radius 3 is 1.21 bits per heavy atom. The first-order valence-corrected chi connectivity index (χ1v) is 20.2. The second-order valence-electron chi connectivity index (χ2n) is 13.8. The van der Waals surface area contributed by atoms with E-state index in [4.69, 9.17) is 20.2 Å². The molecule has 10 nitrogen and oxygen atoms in total. The Labute approximate surface area is 354 Å². The Morgan fingerprint density at radius 1 is 0.483 bits per heavy atom. The third-order valence-corrected chi connectivity index (χ3v) is 9.15. The molecule has 316 valence electrons. The first-order chi connectivity index (χ1) is 27.5. The van der Waals surface area contributed by atoms with Gasteiger partial charge in [-0.15, -0.1) is 0 Å². The van der Waals surface area contributed by atoms with Gasteiger partial charge in [0.05, 0.1) is 34.7 Å². The smallest absolute Gasteiger partial charge is 0.545 e. The van der Waals surface area contributed by atoms with Crippen LogP contribution >= 0.6 is 0 Å². The monoisotopic (exact) mass is 838 g/mol. The molecule has 0 amide bonds. The molecule has 0 heterocycles. The number of carboxylic acids is 2. The molecule has 0 fully saturated rings. The summed E-state index contributed by atoms with van der Waals surface area (Å²) in [6.45, 7) is 8.47. The quantitative estimate of drug-likeness (QED) is 0.0293. The number of carbonyl (C=O) groups excluding carboxylic acids is 2. The van der Waals surface area contributed by atoms with Crippen LogP contribution in [0, 0.1) is 0 Å². The van der Waals surface area contributed by atoms with Crippen molar-refractivity contribution in [1.82, 2.24) is 0 Å². The summed E-state index contributed by atoms with van der Waals surface area (Å²) in [7, 11) is 0. The van der Waals surface area contributed by atoms with E-state index in [2.05, 4.69) is 62.4 Å². The van der Waals surface area contributed by atoms with E-state index in [0.29, 0.717) is 24.0 Å². The molecule has 0 atom stereocenters. The number of nitrogens with zero attached hydrogens (tertiary/aromatic N) is 2. The summed E-state index contributed by atoms with van der Waals surface area (Å²) in [6, 6.07) is 26.2. The van der Waals surface area contributed by atoms with Gasteiger partial charge in [-0.25, -0.2) is 0 Å². The summed E-state index contributed by atoms with van der Waals surface area (Å²) in [6.07, 6.45) is 15.3. The Bertz CT molecular complexity index is 1790. The first kappa shape index (κ1) is 50.9. The molecule has 0 spiro atoms. The molecule has 0 saturated carbocycles. The number of carboxylic acid groups (broad SMARTS) is 2. The average molecular weight is 840 g/mol. The number of hydrogen-bond donors (Lipinski definition) is 4. The number of carbonyl (C=O) groups is 2. The van der Waals surface area contributed by atoms with E-state index in [1.807, 2.05) is 26.0 Å². The molecule has 4 N–H and O–H groups in total. The number of aromatic hydroxyl groups is 4. The van der Waals surface area contributed by atoms with Gasteiger partial charge < -0.3 is 40.2 Å². The Balaban J connectivity index is 0.000000464. The summed E-state index contributed by atoms with van der Waals surface area (Å²) >= 11 is 0. The molecule has 4 rings (SSSR count). The fourth-order valence-electron chi connectivity index (χ4n) is 5.94. The maximum Gasteiger partial charge on any atom is 2.00 e. The molecule has 4 aromatic carbocycles. The van der Waals surface area contributed by atoms with E-state index in [-0.39, 0.29) is 27.6 Å². The van der Waals surface area contributed by atoms with Gasteiger partial charge >= 0.3 is 16.5 Å². The summed E-state index contributed by atoms with van der Waals surface area (Å²) in [4.78, 5) is 31.6. The maximum absolute atomic E-state index is 10.8. The van der Waals surface area contributed by atoms with Gasteiger partial charge in [-0.05, 0) is 98.9 Å². The van der Waals surface area contributed by atoms with Gasteiger partial charge in [-0.2, -0.15) is 0 Å². The molecule has 4 aromatic rings. The molecule has 11 heteroatoms. The molecule has 0 aliphatic carbocycles. The van der Waals surface area contributed by atoms with Crippen LogP contribution in [0.3, 0.4) is 0 Å². The number of phenolic OH excluding ortho intramolecular Hbond substituents is 2. The number of unbranched alkanes of at least 4 members (excludes halogenated alkanes) is 7. The third kappa shape index (κ3) is 18.0. The third-order valence-electron chi connectivity index (χ3n) is 9.15. The molecule has 0 saturated heterocycles. The molecular formula is C47H60N2NiO8. The number of aromatic carboxylic acids is 2. The van der Waals surface area contributed by atoms with E-state index in [1.54, 1.807) is 0 Å². The van der Waals surface area contributed by atoms with Crippen LogP contribution in [0.1, 0.15) is 143 Å². The molecule has 0 bridgehead atoms. The van der Waals surface area contributed by atoms with Crippen molar-refractivity contribution in [3.63, 3.8) is 0 Å². The largest absolute Gasteiger partial charge is 2.00 e. The second-order valence-corrected chi connectivity index (χ2v) is 13.8. The number of rotatable bonds is 20. The normalized spacial score (nSPS) is 11.0. The molecule has 0 aromatic heterocycles. The number of aliphatic imine (C=N–C) groups is 2. The minimum absolute atomic E-state index is 0. The number of phenols is 4. The zero-order chi connectivity index (χ0) is 42.0. The zero-order valence-electron chi connectivity index (χ0n) is 34.3. The van der Waals surface area contributed by atoms with E-state index < -0.39 is 34.9 Å². The average Bonchev–Trinajstić information content (AvgIpc) is 3.20. The van der Waals surface area contributed by atoms with Gasteiger partial charge in [0.1, 0.15) is 0 Å². The van der Waals surface area contributed by atoms with Crippen molar-refractivity contribution in [3.05, 3.63) is 107 Å². The first-order valence-electron chi connectivity index (χ1n) is 20.2. The molecule has 0 aliphatic rings. The van der Waals surface area contributed by atoms with Gasteiger partial charge in [-0.3, -0.25) is 9.98 Å². The van der Waals surface area contributed by atoms with Crippen LogP contribution in [0.25, 0.3) is 0 Å². The second kappa shape index (κ2) is 29.1. The van der Waals surface area contributed by atoms with Crippen LogP contribution in [0.5, 0.6) is 23.0 Å². The van der Waals surface area contributed by atoms with Crippen molar-refractivity contribution in [2.24, 2.45) is 9.98 Å². The van der Waals surface area contributed by atoms with Crippen LogP contribution < -0.4 is 10.2 Å². The standard InChI is InChI=1S/C25H34N2.2C11H14O4.Ni/c1-3-5-7-8-15-21-25(27-23-18-13-10-14-19-23)24(20-6-4-2)26-22-16-11-9-12-17-22;2*1-2-3-4-7-5-6-8(12)10(13)9(7)11(14)15;/h9-14,16-19H,3-8,15,20-21H2,1-2H3;2*5-6,12-13H,2-4H2,1H3,(H,14,15);/q;;;+2/p-2. The SMILES string of the molecule is CCCCCCCC(=Nc1ccccc1)C(CCCC)=Nc1ccccc1.CCCCc1ccc(O)c(O)c1C(=O)[O-].CCCCc1ccc(O)c(O)c1C(=O)[O-].[Ni+2]. The number of hydrogen-bond acceptors (Lipinski definition) is 10.